The fourth-order valence-electron chi connectivity index (χ4n) is 3.70. The number of aliphatic imine (C=N–C) groups is 1. The topological polar surface area (TPSA) is 72.0 Å². The summed E-state index contributed by atoms with van der Waals surface area (Å²) in [5.41, 5.74) is -0.502. The Morgan fingerprint density at radius 3 is 2.37 bits per heavy atom. The summed E-state index contributed by atoms with van der Waals surface area (Å²) >= 11 is 1.43. The molecule has 27 heavy (non-hydrogen) atoms. The van der Waals surface area contributed by atoms with Crippen LogP contribution in [0.25, 0.3) is 0 Å². The summed E-state index contributed by atoms with van der Waals surface area (Å²) in [6, 6.07) is -0.419. The monoisotopic (exact) mass is 397 g/mol. The number of amidine groups is 1. The van der Waals surface area contributed by atoms with Gasteiger partial charge in [0.2, 0.25) is 0 Å². The number of fused-ring (bicyclic) bond motifs is 1. The van der Waals surface area contributed by atoms with Gasteiger partial charge in [0.15, 0.2) is 5.17 Å². The predicted molar refractivity (Wildman–Crippen MR) is 107 cm³/mol. The quantitative estimate of drug-likeness (QED) is 0.702. The molecule has 2 amide bonds. The molecule has 1 saturated heterocycles. The Balaban J connectivity index is 1.84. The first-order valence-electron chi connectivity index (χ1n) is 9.53. The summed E-state index contributed by atoms with van der Waals surface area (Å²) in [4.78, 5) is 16.5. The number of carbonyl (C=O) groups excluding carboxylic acids is 1. The summed E-state index contributed by atoms with van der Waals surface area (Å²) in [5.74, 6) is -0.686. The van der Waals surface area contributed by atoms with Crippen LogP contribution in [0.2, 0.25) is 0 Å². The molecule has 4 atom stereocenters. The molecule has 0 spiro atoms. The highest BCUT2D eigenvalue weighted by Crippen LogP contribution is 2.49. The lowest BCUT2D eigenvalue weighted by Gasteiger charge is -2.35. The van der Waals surface area contributed by atoms with Gasteiger partial charge in [-0.3, -0.25) is 10.3 Å². The van der Waals surface area contributed by atoms with Crippen molar-refractivity contribution in [3.05, 3.63) is 11.3 Å². The summed E-state index contributed by atoms with van der Waals surface area (Å²) in [7, 11) is -0.714. The van der Waals surface area contributed by atoms with E-state index >= 15 is 4.39 Å². The van der Waals surface area contributed by atoms with Gasteiger partial charge in [-0.2, -0.15) is 0 Å². The first-order valence-corrected chi connectivity index (χ1v) is 10.4. The van der Waals surface area contributed by atoms with Gasteiger partial charge in [0.05, 0.1) is 17.2 Å². The van der Waals surface area contributed by atoms with Gasteiger partial charge >= 0.3 is 13.1 Å². The van der Waals surface area contributed by atoms with Crippen molar-refractivity contribution in [3.63, 3.8) is 0 Å². The molecule has 0 saturated carbocycles. The van der Waals surface area contributed by atoms with Crippen molar-refractivity contribution in [1.29, 1.82) is 0 Å². The molecular weight excluding hydrogens is 368 g/mol. The van der Waals surface area contributed by atoms with Gasteiger partial charge in [-0.1, -0.05) is 25.6 Å². The molecule has 1 fully saturated rings. The van der Waals surface area contributed by atoms with Gasteiger partial charge in [-0.05, 0) is 40.1 Å². The number of nitrogens with one attached hydrogen (secondary N) is 2. The van der Waals surface area contributed by atoms with Crippen LogP contribution in [0.15, 0.2) is 16.3 Å². The molecule has 4 unspecified atom stereocenters. The lowest BCUT2D eigenvalue weighted by Crippen LogP contribution is -2.42. The zero-order valence-electron chi connectivity index (χ0n) is 17.1. The zero-order valence-corrected chi connectivity index (χ0v) is 17.9. The fraction of sp³-hybridized carbons (Fsp3) is 0.778. The van der Waals surface area contributed by atoms with Crippen LogP contribution in [0.4, 0.5) is 9.18 Å². The number of hydrogen-bond donors (Lipinski definition) is 2. The maximum absolute atomic E-state index is 15.4. The Hall–Kier alpha value is -1.06. The fourth-order valence-corrected chi connectivity index (χ4v) is 5.05. The molecule has 2 N–H and O–H groups in total. The second-order valence-electron chi connectivity index (χ2n) is 8.46. The van der Waals surface area contributed by atoms with Crippen molar-refractivity contribution >= 4 is 30.1 Å². The van der Waals surface area contributed by atoms with Gasteiger partial charge in [0.25, 0.3) is 0 Å². The average Bonchev–Trinajstić information content (AvgIpc) is 3.04. The molecule has 0 bridgehead atoms. The summed E-state index contributed by atoms with van der Waals surface area (Å²) in [5, 5.41) is 5.94. The minimum atomic E-state index is -0.714. The van der Waals surface area contributed by atoms with E-state index < -0.39 is 18.3 Å². The molecule has 0 radical (unpaired) electrons. The number of thioether (sulfide) groups is 1. The van der Waals surface area contributed by atoms with Gasteiger partial charge in [-0.25, -0.2) is 9.18 Å². The number of carbonyl (C=O) groups is 1. The molecule has 3 rings (SSSR count). The molecule has 6 nitrogen and oxygen atoms in total. The second-order valence-corrected chi connectivity index (χ2v) is 9.63. The van der Waals surface area contributed by atoms with E-state index in [0.29, 0.717) is 17.2 Å². The van der Waals surface area contributed by atoms with E-state index in [9.17, 15) is 4.79 Å². The van der Waals surface area contributed by atoms with Crippen molar-refractivity contribution in [3.8, 4) is 0 Å². The average molecular weight is 397 g/mol. The van der Waals surface area contributed by atoms with E-state index in [0.717, 1.165) is 0 Å². The Kier molecular flexibility index (Phi) is 5.42. The third kappa shape index (κ3) is 3.54. The largest absolute Gasteiger partial charge is 0.493 e. The minimum Gasteiger partial charge on any atom is -0.399 e. The minimum absolute atomic E-state index is 0.0527. The maximum Gasteiger partial charge on any atom is 0.493 e. The highest BCUT2D eigenvalue weighted by Gasteiger charge is 2.57. The first kappa shape index (κ1) is 20.7. The number of rotatable bonds is 2. The van der Waals surface area contributed by atoms with Gasteiger partial charge in [0, 0.05) is 23.6 Å². The van der Waals surface area contributed by atoms with Crippen LogP contribution in [0.3, 0.4) is 0 Å². The van der Waals surface area contributed by atoms with Crippen LogP contribution >= 0.6 is 11.8 Å². The van der Waals surface area contributed by atoms with Gasteiger partial charge in [-0.15, -0.1) is 0 Å². The third-order valence-electron chi connectivity index (χ3n) is 6.09. The SMILES string of the molecule is CCNC(=O)NC1=NC2C(C)C(B3OC(C)(C)C(C)(C)O3)=C(F)C(C)C2S1. The first-order chi connectivity index (χ1) is 12.5. The van der Waals surface area contributed by atoms with E-state index in [-0.39, 0.29) is 35.0 Å². The van der Waals surface area contributed by atoms with Crippen LogP contribution in [-0.2, 0) is 9.31 Å². The van der Waals surface area contributed by atoms with Gasteiger partial charge < -0.3 is 14.6 Å². The number of allylic oxidation sites excluding steroid dienone is 1. The van der Waals surface area contributed by atoms with E-state index in [2.05, 4.69) is 15.6 Å². The van der Waals surface area contributed by atoms with E-state index in [1.54, 1.807) is 0 Å². The van der Waals surface area contributed by atoms with Crippen molar-refractivity contribution in [2.24, 2.45) is 16.8 Å². The molecule has 3 aliphatic rings. The molecule has 0 aromatic heterocycles. The second kappa shape index (κ2) is 7.08. The highest BCUT2D eigenvalue weighted by atomic mass is 32.2. The van der Waals surface area contributed by atoms with Crippen LogP contribution in [0, 0.1) is 11.8 Å². The maximum atomic E-state index is 15.4. The Morgan fingerprint density at radius 2 is 1.81 bits per heavy atom. The number of nitrogens with zero attached hydrogens (tertiary/aromatic N) is 1. The number of hydrogen-bond acceptors (Lipinski definition) is 5. The van der Waals surface area contributed by atoms with Crippen LogP contribution < -0.4 is 10.6 Å². The molecule has 1 aliphatic carbocycles. The number of urea groups is 1. The van der Waals surface area contributed by atoms with Crippen molar-refractivity contribution in [2.75, 3.05) is 6.54 Å². The van der Waals surface area contributed by atoms with E-state index in [1.165, 1.54) is 11.8 Å². The van der Waals surface area contributed by atoms with Crippen LogP contribution in [0.5, 0.6) is 0 Å². The third-order valence-corrected chi connectivity index (χ3v) is 7.48. The summed E-state index contributed by atoms with van der Waals surface area (Å²) in [6.07, 6.45) is 0. The smallest absolute Gasteiger partial charge is 0.399 e. The Bertz CT molecular complexity index is 681. The molecule has 150 valence electrons. The van der Waals surface area contributed by atoms with Crippen molar-refractivity contribution in [2.45, 2.75) is 71.0 Å². The standard InChI is InChI=1S/C18H29BFN3O3S/c1-8-21-15(24)23-16-22-13-9(2)11(12(20)10(3)14(13)27-16)19-25-17(4,5)18(6,7)26-19/h9-10,13-14H,8H2,1-7H3,(H2,21,22,23,24). The van der Waals surface area contributed by atoms with E-state index in [1.807, 2.05) is 48.5 Å². The molecule has 0 aromatic carbocycles. The predicted octanol–water partition coefficient (Wildman–Crippen LogP) is 3.29. The molecule has 9 heteroatoms. The van der Waals surface area contributed by atoms with E-state index in [4.69, 9.17) is 9.31 Å². The lowest BCUT2D eigenvalue weighted by molar-refractivity contribution is 0.00578. The van der Waals surface area contributed by atoms with Crippen LogP contribution in [-0.4, -0.2) is 47.4 Å². The van der Waals surface area contributed by atoms with Gasteiger partial charge in [0.1, 0.15) is 5.83 Å². The number of halogens is 1. The molecule has 0 aromatic rings. The normalized spacial score (nSPS) is 34.4. The number of amides is 2. The zero-order chi connectivity index (χ0) is 20.1. The van der Waals surface area contributed by atoms with Crippen molar-refractivity contribution in [1.82, 2.24) is 10.6 Å². The molecular formula is C18H29BFN3O3S. The summed E-state index contributed by atoms with van der Waals surface area (Å²) in [6.45, 7) is 14.1. The van der Waals surface area contributed by atoms with Crippen molar-refractivity contribution < 1.29 is 18.5 Å². The van der Waals surface area contributed by atoms with Crippen LogP contribution in [0.1, 0.15) is 48.5 Å². The Morgan fingerprint density at radius 1 is 1.22 bits per heavy atom. The molecule has 2 aliphatic heterocycles. The lowest BCUT2D eigenvalue weighted by atomic mass is 9.63. The summed E-state index contributed by atoms with van der Waals surface area (Å²) < 4.78 is 27.6. The molecule has 2 heterocycles. The highest BCUT2D eigenvalue weighted by molar-refractivity contribution is 8.14. The Labute approximate surface area is 165 Å².